The quantitative estimate of drug-likeness (QED) is 0.836. The molecule has 0 saturated heterocycles. The van der Waals surface area contributed by atoms with E-state index >= 15 is 0 Å². The summed E-state index contributed by atoms with van der Waals surface area (Å²) in [6.45, 7) is 0. The van der Waals surface area contributed by atoms with E-state index in [-0.39, 0.29) is 21.0 Å². The van der Waals surface area contributed by atoms with Gasteiger partial charge in [-0.3, -0.25) is 0 Å². The molecule has 1 N–H and O–H groups in total. The zero-order chi connectivity index (χ0) is 17.3. The Labute approximate surface area is 138 Å². The standard InChI is InChI=1S/C13H10BrF3N2O3S/c1-18-23(20,21)10-6-11(14)12(19-7-10)22-9-4-2-8(3-5-9)13(15,16)17/h2-7,18H,1H3. The van der Waals surface area contributed by atoms with Crippen LogP contribution in [0.15, 0.2) is 45.9 Å². The summed E-state index contributed by atoms with van der Waals surface area (Å²) in [5.41, 5.74) is -0.799. The molecule has 1 aromatic heterocycles. The van der Waals surface area contributed by atoms with Crippen LogP contribution in [0.2, 0.25) is 0 Å². The number of alkyl halides is 3. The van der Waals surface area contributed by atoms with Gasteiger partial charge < -0.3 is 4.74 Å². The minimum Gasteiger partial charge on any atom is -0.438 e. The van der Waals surface area contributed by atoms with E-state index in [0.717, 1.165) is 30.5 Å². The van der Waals surface area contributed by atoms with Crippen LogP contribution in [0, 0.1) is 0 Å². The van der Waals surface area contributed by atoms with Crippen LogP contribution in [0.3, 0.4) is 0 Å². The Hall–Kier alpha value is -1.65. The molecule has 0 fully saturated rings. The molecular formula is C13H10BrF3N2O3S. The van der Waals surface area contributed by atoms with E-state index < -0.39 is 21.8 Å². The van der Waals surface area contributed by atoms with E-state index in [9.17, 15) is 21.6 Å². The van der Waals surface area contributed by atoms with Crippen LogP contribution >= 0.6 is 15.9 Å². The van der Waals surface area contributed by atoms with Crippen molar-refractivity contribution in [2.24, 2.45) is 0 Å². The molecule has 2 aromatic rings. The minimum atomic E-state index is -4.43. The molecule has 0 aliphatic rings. The predicted octanol–water partition coefficient (Wildman–Crippen LogP) is 3.56. The van der Waals surface area contributed by atoms with Gasteiger partial charge >= 0.3 is 6.18 Å². The highest BCUT2D eigenvalue weighted by atomic mass is 79.9. The number of hydrogen-bond donors (Lipinski definition) is 1. The number of nitrogens with zero attached hydrogens (tertiary/aromatic N) is 1. The molecular weight excluding hydrogens is 401 g/mol. The molecule has 1 heterocycles. The number of ether oxygens (including phenoxy) is 1. The van der Waals surface area contributed by atoms with Crippen molar-refractivity contribution in [3.63, 3.8) is 0 Å². The molecule has 0 spiro atoms. The summed E-state index contributed by atoms with van der Waals surface area (Å²) in [7, 11) is -2.40. The maximum absolute atomic E-state index is 12.5. The Balaban J connectivity index is 2.24. The summed E-state index contributed by atoms with van der Waals surface area (Å²) in [6, 6.07) is 5.33. The number of aromatic nitrogens is 1. The van der Waals surface area contributed by atoms with Gasteiger partial charge in [-0.05, 0) is 53.3 Å². The molecule has 0 bridgehead atoms. The summed E-state index contributed by atoms with van der Waals surface area (Å²) in [4.78, 5) is 3.77. The second kappa shape index (κ2) is 6.46. The average molecular weight is 411 g/mol. The molecule has 0 radical (unpaired) electrons. The van der Waals surface area contributed by atoms with Gasteiger partial charge in [-0.2, -0.15) is 13.2 Å². The highest BCUT2D eigenvalue weighted by Crippen LogP contribution is 2.33. The SMILES string of the molecule is CNS(=O)(=O)c1cnc(Oc2ccc(C(F)(F)F)cc2)c(Br)c1. The van der Waals surface area contributed by atoms with Crippen LogP contribution in [-0.4, -0.2) is 20.4 Å². The summed E-state index contributed by atoms with van der Waals surface area (Å²) in [6.07, 6.45) is -3.35. The number of benzene rings is 1. The molecule has 10 heteroatoms. The van der Waals surface area contributed by atoms with Gasteiger partial charge in [-0.25, -0.2) is 18.1 Å². The van der Waals surface area contributed by atoms with Crippen molar-refractivity contribution in [2.45, 2.75) is 11.1 Å². The fraction of sp³-hybridized carbons (Fsp3) is 0.154. The van der Waals surface area contributed by atoms with Crippen LogP contribution in [0.5, 0.6) is 11.6 Å². The zero-order valence-corrected chi connectivity index (χ0v) is 14.0. The Morgan fingerprint density at radius 1 is 1.22 bits per heavy atom. The topological polar surface area (TPSA) is 68.3 Å². The van der Waals surface area contributed by atoms with Crippen molar-refractivity contribution < 1.29 is 26.3 Å². The number of halogens is 4. The normalized spacial score (nSPS) is 12.2. The second-order valence-corrected chi connectivity index (χ2v) is 7.03. The lowest BCUT2D eigenvalue weighted by Gasteiger charge is -2.10. The number of pyridine rings is 1. The van der Waals surface area contributed by atoms with E-state index in [1.165, 1.54) is 13.1 Å². The summed E-state index contributed by atoms with van der Waals surface area (Å²) in [5.74, 6) is 0.162. The molecule has 23 heavy (non-hydrogen) atoms. The van der Waals surface area contributed by atoms with Crippen molar-refractivity contribution in [3.8, 4) is 11.6 Å². The van der Waals surface area contributed by atoms with Crippen LogP contribution in [0.4, 0.5) is 13.2 Å². The van der Waals surface area contributed by atoms with E-state index in [4.69, 9.17) is 4.74 Å². The lowest BCUT2D eigenvalue weighted by atomic mass is 10.2. The molecule has 124 valence electrons. The molecule has 0 aliphatic carbocycles. The van der Waals surface area contributed by atoms with Crippen LogP contribution in [-0.2, 0) is 16.2 Å². The van der Waals surface area contributed by atoms with E-state index in [1.807, 2.05) is 0 Å². The van der Waals surface area contributed by atoms with E-state index in [1.54, 1.807) is 0 Å². The second-order valence-electron chi connectivity index (χ2n) is 4.29. The Kier molecular flexibility index (Phi) is 4.97. The molecule has 5 nitrogen and oxygen atoms in total. The van der Waals surface area contributed by atoms with Gasteiger partial charge in [0, 0.05) is 0 Å². The van der Waals surface area contributed by atoms with Gasteiger partial charge in [-0.15, -0.1) is 0 Å². The van der Waals surface area contributed by atoms with Crippen molar-refractivity contribution in [3.05, 3.63) is 46.6 Å². The van der Waals surface area contributed by atoms with Crippen LogP contribution in [0.25, 0.3) is 0 Å². The molecule has 0 unspecified atom stereocenters. The summed E-state index contributed by atoms with van der Waals surface area (Å²) in [5, 5.41) is 0. The molecule has 2 rings (SSSR count). The number of nitrogens with one attached hydrogen (secondary N) is 1. The maximum Gasteiger partial charge on any atom is 0.416 e. The highest BCUT2D eigenvalue weighted by Gasteiger charge is 2.30. The predicted molar refractivity (Wildman–Crippen MR) is 79.7 cm³/mol. The van der Waals surface area contributed by atoms with Crippen LogP contribution < -0.4 is 9.46 Å². The largest absolute Gasteiger partial charge is 0.438 e. The van der Waals surface area contributed by atoms with Crippen LogP contribution in [0.1, 0.15) is 5.56 Å². The number of rotatable bonds is 4. The first-order valence-electron chi connectivity index (χ1n) is 6.07. The lowest BCUT2D eigenvalue weighted by molar-refractivity contribution is -0.137. The minimum absolute atomic E-state index is 0.0276. The first-order valence-corrected chi connectivity index (χ1v) is 8.35. The Morgan fingerprint density at radius 3 is 2.30 bits per heavy atom. The summed E-state index contributed by atoms with van der Waals surface area (Å²) >= 11 is 3.11. The summed E-state index contributed by atoms with van der Waals surface area (Å²) < 4.78 is 68.4. The first-order chi connectivity index (χ1) is 10.6. The molecule has 1 aromatic carbocycles. The van der Waals surface area contributed by atoms with Gasteiger partial charge in [-0.1, -0.05) is 0 Å². The third kappa shape index (κ3) is 4.21. The molecule has 0 atom stereocenters. The van der Waals surface area contributed by atoms with Gasteiger partial charge in [0.25, 0.3) is 0 Å². The zero-order valence-electron chi connectivity index (χ0n) is 11.6. The van der Waals surface area contributed by atoms with Crippen molar-refractivity contribution in [1.29, 1.82) is 0 Å². The smallest absolute Gasteiger partial charge is 0.416 e. The highest BCUT2D eigenvalue weighted by molar-refractivity contribution is 9.10. The molecule has 0 saturated carbocycles. The first kappa shape index (κ1) is 17.7. The van der Waals surface area contributed by atoms with Crippen molar-refractivity contribution >= 4 is 26.0 Å². The molecule has 0 amide bonds. The fourth-order valence-electron chi connectivity index (χ4n) is 1.57. The average Bonchev–Trinajstić information content (AvgIpc) is 2.49. The molecule has 0 aliphatic heterocycles. The fourth-order valence-corrected chi connectivity index (χ4v) is 2.85. The Morgan fingerprint density at radius 2 is 1.83 bits per heavy atom. The van der Waals surface area contributed by atoms with Gasteiger partial charge in [0.05, 0.1) is 16.2 Å². The Bertz CT molecular complexity index is 808. The third-order valence-electron chi connectivity index (χ3n) is 2.76. The van der Waals surface area contributed by atoms with Gasteiger partial charge in [0.1, 0.15) is 10.6 Å². The van der Waals surface area contributed by atoms with Crippen molar-refractivity contribution in [1.82, 2.24) is 9.71 Å². The van der Waals surface area contributed by atoms with Gasteiger partial charge in [0.2, 0.25) is 15.9 Å². The number of hydrogen-bond acceptors (Lipinski definition) is 4. The van der Waals surface area contributed by atoms with E-state index in [2.05, 4.69) is 25.6 Å². The monoisotopic (exact) mass is 410 g/mol. The van der Waals surface area contributed by atoms with Crippen molar-refractivity contribution in [2.75, 3.05) is 7.05 Å². The number of sulfonamides is 1. The van der Waals surface area contributed by atoms with Gasteiger partial charge in [0.15, 0.2) is 0 Å². The maximum atomic E-state index is 12.5. The lowest BCUT2D eigenvalue weighted by Crippen LogP contribution is -2.18. The van der Waals surface area contributed by atoms with E-state index in [0.29, 0.717) is 0 Å². The third-order valence-corrected chi connectivity index (χ3v) is 4.71.